The lowest BCUT2D eigenvalue weighted by Crippen LogP contribution is -2.45. The number of rotatable bonds is 4. The Labute approximate surface area is 98.1 Å². The Morgan fingerprint density at radius 2 is 2.19 bits per heavy atom. The fourth-order valence-electron chi connectivity index (χ4n) is 2.05. The highest BCUT2D eigenvalue weighted by Gasteiger charge is 2.40. The summed E-state index contributed by atoms with van der Waals surface area (Å²) >= 11 is 0. The van der Waals surface area contributed by atoms with Crippen LogP contribution in [0.25, 0.3) is 0 Å². The van der Waals surface area contributed by atoms with E-state index in [0.29, 0.717) is 0 Å². The van der Waals surface area contributed by atoms with E-state index in [1.54, 1.807) is 0 Å². The summed E-state index contributed by atoms with van der Waals surface area (Å²) in [5.74, 6) is 0.0225. The SMILES string of the molecule is CCCC1(C(=O)NOC(C)(C)C)CCNC1. The van der Waals surface area contributed by atoms with Gasteiger partial charge in [0, 0.05) is 6.54 Å². The van der Waals surface area contributed by atoms with Gasteiger partial charge < -0.3 is 5.32 Å². The molecule has 4 nitrogen and oxygen atoms in total. The third-order valence-corrected chi connectivity index (χ3v) is 2.90. The lowest BCUT2D eigenvalue weighted by Gasteiger charge is -2.28. The molecule has 1 aliphatic heterocycles. The molecule has 1 amide bonds. The highest BCUT2D eigenvalue weighted by molar-refractivity contribution is 5.82. The second-order valence-electron chi connectivity index (χ2n) is 5.60. The third-order valence-electron chi connectivity index (χ3n) is 2.90. The molecule has 0 aromatic heterocycles. The molecule has 1 saturated heterocycles. The normalized spacial score (nSPS) is 25.8. The Kier molecular flexibility index (Phi) is 4.33. The largest absolute Gasteiger partial charge is 0.316 e. The average Bonchev–Trinajstić information content (AvgIpc) is 2.63. The van der Waals surface area contributed by atoms with Gasteiger partial charge in [-0.15, -0.1) is 0 Å². The first-order valence-corrected chi connectivity index (χ1v) is 6.09. The van der Waals surface area contributed by atoms with Crippen LogP contribution in [0.3, 0.4) is 0 Å². The van der Waals surface area contributed by atoms with Gasteiger partial charge in [0.2, 0.25) is 0 Å². The van der Waals surface area contributed by atoms with Crippen molar-refractivity contribution in [3.63, 3.8) is 0 Å². The van der Waals surface area contributed by atoms with Gasteiger partial charge in [-0.2, -0.15) is 0 Å². The van der Waals surface area contributed by atoms with Gasteiger partial charge in [0.1, 0.15) is 0 Å². The van der Waals surface area contributed by atoms with Crippen LogP contribution in [-0.4, -0.2) is 24.6 Å². The number of hydrogen-bond donors (Lipinski definition) is 2. The van der Waals surface area contributed by atoms with E-state index in [0.717, 1.165) is 32.4 Å². The minimum atomic E-state index is -0.338. The Morgan fingerprint density at radius 3 is 2.62 bits per heavy atom. The van der Waals surface area contributed by atoms with Gasteiger partial charge in [0.05, 0.1) is 11.0 Å². The van der Waals surface area contributed by atoms with Crippen molar-refractivity contribution in [2.75, 3.05) is 13.1 Å². The minimum Gasteiger partial charge on any atom is -0.316 e. The van der Waals surface area contributed by atoms with E-state index in [9.17, 15) is 4.79 Å². The molecule has 0 spiro atoms. The maximum Gasteiger partial charge on any atom is 0.251 e. The van der Waals surface area contributed by atoms with Crippen molar-refractivity contribution >= 4 is 5.91 Å². The second-order valence-corrected chi connectivity index (χ2v) is 5.60. The number of carbonyl (C=O) groups excluding carboxylic acids is 1. The maximum absolute atomic E-state index is 12.1. The molecule has 94 valence electrons. The topological polar surface area (TPSA) is 50.4 Å². The van der Waals surface area contributed by atoms with E-state index < -0.39 is 0 Å². The first-order valence-electron chi connectivity index (χ1n) is 6.09. The standard InChI is InChI=1S/C12H24N2O2/c1-5-6-12(7-8-13-9-12)10(15)14-16-11(2,3)4/h13H,5-9H2,1-4H3,(H,14,15). The molecule has 1 unspecified atom stereocenters. The molecule has 1 aliphatic rings. The third kappa shape index (κ3) is 3.46. The second kappa shape index (κ2) is 5.15. The summed E-state index contributed by atoms with van der Waals surface area (Å²) in [6.07, 6.45) is 2.84. The summed E-state index contributed by atoms with van der Waals surface area (Å²) in [5, 5.41) is 3.26. The van der Waals surface area contributed by atoms with E-state index in [1.807, 2.05) is 20.8 Å². The molecule has 1 heterocycles. The van der Waals surface area contributed by atoms with Crippen LogP contribution >= 0.6 is 0 Å². The Hall–Kier alpha value is -0.610. The number of hydrogen-bond acceptors (Lipinski definition) is 3. The number of amides is 1. The van der Waals surface area contributed by atoms with Gasteiger partial charge in [-0.25, -0.2) is 5.48 Å². The molecule has 1 atom stereocenters. The van der Waals surface area contributed by atoms with Crippen molar-refractivity contribution in [2.24, 2.45) is 5.41 Å². The average molecular weight is 228 g/mol. The van der Waals surface area contributed by atoms with Crippen LogP contribution in [-0.2, 0) is 9.63 Å². The zero-order valence-corrected chi connectivity index (χ0v) is 10.9. The van der Waals surface area contributed by atoms with E-state index >= 15 is 0 Å². The van der Waals surface area contributed by atoms with Crippen LogP contribution < -0.4 is 10.8 Å². The van der Waals surface area contributed by atoms with Crippen molar-refractivity contribution in [3.05, 3.63) is 0 Å². The molecule has 0 radical (unpaired) electrons. The van der Waals surface area contributed by atoms with Crippen LogP contribution in [0.15, 0.2) is 0 Å². The van der Waals surface area contributed by atoms with Crippen LogP contribution in [0.4, 0.5) is 0 Å². The predicted molar refractivity (Wildman–Crippen MR) is 63.8 cm³/mol. The maximum atomic E-state index is 12.1. The van der Waals surface area contributed by atoms with Gasteiger partial charge >= 0.3 is 0 Å². The molecule has 0 aliphatic carbocycles. The lowest BCUT2D eigenvalue weighted by molar-refractivity contribution is -0.155. The smallest absolute Gasteiger partial charge is 0.251 e. The fourth-order valence-corrected chi connectivity index (χ4v) is 2.05. The van der Waals surface area contributed by atoms with Crippen molar-refractivity contribution in [2.45, 2.75) is 52.6 Å². The number of nitrogens with one attached hydrogen (secondary N) is 2. The van der Waals surface area contributed by atoms with Gasteiger partial charge in [-0.3, -0.25) is 9.63 Å². The first kappa shape index (κ1) is 13.5. The van der Waals surface area contributed by atoms with E-state index in [4.69, 9.17) is 4.84 Å². The molecular weight excluding hydrogens is 204 g/mol. The highest BCUT2D eigenvalue weighted by atomic mass is 16.7. The molecule has 1 fully saturated rings. The Balaban J connectivity index is 2.55. The summed E-state index contributed by atoms with van der Waals surface area (Å²) in [7, 11) is 0. The van der Waals surface area contributed by atoms with Crippen molar-refractivity contribution in [1.82, 2.24) is 10.8 Å². The Bertz CT molecular complexity index is 240. The van der Waals surface area contributed by atoms with Crippen molar-refractivity contribution < 1.29 is 9.63 Å². The van der Waals surface area contributed by atoms with Crippen molar-refractivity contribution in [1.29, 1.82) is 0 Å². The van der Waals surface area contributed by atoms with E-state index in [1.165, 1.54) is 0 Å². The monoisotopic (exact) mass is 228 g/mol. The van der Waals surface area contributed by atoms with Gasteiger partial charge in [0.15, 0.2) is 0 Å². The Morgan fingerprint density at radius 1 is 1.50 bits per heavy atom. The molecule has 1 rings (SSSR count). The quantitative estimate of drug-likeness (QED) is 0.719. The zero-order chi connectivity index (χ0) is 12.2. The summed E-state index contributed by atoms with van der Waals surface area (Å²) in [6.45, 7) is 9.56. The molecule has 16 heavy (non-hydrogen) atoms. The number of hydroxylamine groups is 1. The summed E-state index contributed by atoms with van der Waals surface area (Å²) in [4.78, 5) is 17.5. The molecule has 4 heteroatoms. The summed E-state index contributed by atoms with van der Waals surface area (Å²) < 4.78 is 0. The lowest BCUT2D eigenvalue weighted by atomic mass is 9.82. The van der Waals surface area contributed by atoms with Crippen LogP contribution in [0, 0.1) is 5.41 Å². The molecule has 0 saturated carbocycles. The molecule has 2 N–H and O–H groups in total. The highest BCUT2D eigenvalue weighted by Crippen LogP contribution is 2.31. The molecular formula is C12H24N2O2. The van der Waals surface area contributed by atoms with Crippen LogP contribution in [0.5, 0.6) is 0 Å². The van der Waals surface area contributed by atoms with Crippen LogP contribution in [0.1, 0.15) is 47.0 Å². The van der Waals surface area contributed by atoms with E-state index in [-0.39, 0.29) is 16.9 Å². The van der Waals surface area contributed by atoms with Gasteiger partial charge in [-0.05, 0) is 40.2 Å². The molecule has 0 aromatic rings. The van der Waals surface area contributed by atoms with Crippen LogP contribution in [0.2, 0.25) is 0 Å². The molecule has 0 aromatic carbocycles. The fraction of sp³-hybridized carbons (Fsp3) is 0.917. The molecule has 0 bridgehead atoms. The van der Waals surface area contributed by atoms with E-state index in [2.05, 4.69) is 17.7 Å². The van der Waals surface area contributed by atoms with Gasteiger partial charge in [-0.1, -0.05) is 13.3 Å². The number of carbonyl (C=O) groups is 1. The summed E-state index contributed by atoms with van der Waals surface area (Å²) in [6, 6.07) is 0. The predicted octanol–water partition coefficient (Wildman–Crippen LogP) is 1.61. The first-order chi connectivity index (χ1) is 7.40. The van der Waals surface area contributed by atoms with Crippen molar-refractivity contribution in [3.8, 4) is 0 Å². The minimum absolute atomic E-state index is 0.0225. The zero-order valence-electron chi connectivity index (χ0n) is 10.9. The summed E-state index contributed by atoms with van der Waals surface area (Å²) in [5.41, 5.74) is 2.01. The van der Waals surface area contributed by atoms with Gasteiger partial charge in [0.25, 0.3) is 5.91 Å².